The van der Waals surface area contributed by atoms with Crippen LogP contribution in [0.2, 0.25) is 0 Å². The molecule has 2 aromatic carbocycles. The zero-order valence-corrected chi connectivity index (χ0v) is 24.2. The van der Waals surface area contributed by atoms with E-state index in [0.717, 1.165) is 5.56 Å². The number of nitrogens with one attached hydrogen (secondary N) is 1. The van der Waals surface area contributed by atoms with Crippen molar-refractivity contribution >= 4 is 23.2 Å². The molecule has 0 spiro atoms. The van der Waals surface area contributed by atoms with E-state index >= 15 is 0 Å². The summed E-state index contributed by atoms with van der Waals surface area (Å²) in [4.78, 5) is 40.9. The zero-order valence-electron chi connectivity index (χ0n) is 24.2. The lowest BCUT2D eigenvalue weighted by molar-refractivity contribution is -0.153. The SMILES string of the molecule is CN(C)C1C(=O)C(C(N)=O)=C(O)C2(O)C(=O)C3=C(O)c4c(O)ccc(-c5ccc(CNCc6ccccc6)o5)c4CC3CC12. The number of nitrogens with zero attached hydrogens (tertiary/aromatic N) is 1. The molecule has 4 unspecified atom stereocenters. The fourth-order valence-electron chi connectivity index (χ4n) is 7.02. The molecule has 1 fully saturated rings. The van der Waals surface area contributed by atoms with Gasteiger partial charge in [0.25, 0.3) is 5.91 Å². The van der Waals surface area contributed by atoms with E-state index in [1.807, 2.05) is 36.4 Å². The number of Topliss-reactive ketones (excluding diaryl/α,β-unsaturated/α-hetero) is 2. The van der Waals surface area contributed by atoms with Crippen molar-refractivity contribution in [1.82, 2.24) is 10.2 Å². The van der Waals surface area contributed by atoms with Gasteiger partial charge in [-0.2, -0.15) is 0 Å². The third-order valence-electron chi connectivity index (χ3n) is 9.00. The standard InChI is InChI=1S/C33H33N3O8/c1-36(2)27-21-13-17-12-20-19(23-11-8-18(44-23)15-35-14-16-6-4-3-5-7-16)9-10-22(37)25(20)28(38)24(17)30(40)33(21,43)31(41)26(29(27)39)32(34)42/h3-11,17,21,27,35,37-38,41,43H,12-15H2,1-2H3,(H2,34,42). The number of benzene rings is 2. The number of amides is 1. The predicted molar refractivity (Wildman–Crippen MR) is 159 cm³/mol. The number of fused-ring (bicyclic) bond motifs is 3. The van der Waals surface area contributed by atoms with E-state index in [1.54, 1.807) is 26.2 Å². The van der Waals surface area contributed by atoms with Crippen LogP contribution in [0.5, 0.6) is 5.75 Å². The summed E-state index contributed by atoms with van der Waals surface area (Å²) in [6.07, 6.45) is 0.175. The normalized spacial score (nSPS) is 24.8. The van der Waals surface area contributed by atoms with Crippen molar-refractivity contribution in [2.45, 2.75) is 37.6 Å². The van der Waals surface area contributed by atoms with Crippen LogP contribution in [-0.4, -0.2) is 68.5 Å². The summed E-state index contributed by atoms with van der Waals surface area (Å²) >= 11 is 0. The summed E-state index contributed by atoms with van der Waals surface area (Å²) in [5.74, 6) is -5.71. The number of aliphatic hydroxyl groups is 3. The van der Waals surface area contributed by atoms with E-state index in [0.29, 0.717) is 35.7 Å². The average molecular weight is 600 g/mol. The highest BCUT2D eigenvalue weighted by molar-refractivity contribution is 6.24. The van der Waals surface area contributed by atoms with Crippen LogP contribution in [0.15, 0.2) is 75.9 Å². The van der Waals surface area contributed by atoms with Gasteiger partial charge in [-0.25, -0.2) is 0 Å². The molecule has 4 atom stereocenters. The summed E-state index contributed by atoms with van der Waals surface area (Å²) in [6.45, 7) is 1.12. The fourth-order valence-corrected chi connectivity index (χ4v) is 7.02. The number of aliphatic hydroxyl groups excluding tert-OH is 2. The number of phenols is 1. The number of primary amides is 1. The van der Waals surface area contributed by atoms with Crippen LogP contribution < -0.4 is 11.1 Å². The van der Waals surface area contributed by atoms with Gasteiger partial charge in [0, 0.05) is 23.6 Å². The van der Waals surface area contributed by atoms with Crippen molar-refractivity contribution in [3.63, 3.8) is 0 Å². The lowest BCUT2D eigenvalue weighted by Gasteiger charge is -2.50. The van der Waals surface area contributed by atoms with E-state index in [9.17, 15) is 34.8 Å². The van der Waals surface area contributed by atoms with Gasteiger partial charge in [-0.3, -0.25) is 19.3 Å². The van der Waals surface area contributed by atoms with E-state index in [4.69, 9.17) is 10.2 Å². The molecule has 1 amide bonds. The first-order valence-corrected chi connectivity index (χ1v) is 14.3. The van der Waals surface area contributed by atoms with Crippen LogP contribution >= 0.6 is 0 Å². The molecule has 44 heavy (non-hydrogen) atoms. The molecule has 0 radical (unpaired) electrons. The molecule has 3 aliphatic rings. The summed E-state index contributed by atoms with van der Waals surface area (Å²) in [6, 6.07) is 15.5. The molecule has 0 bridgehead atoms. The first-order valence-electron chi connectivity index (χ1n) is 14.3. The molecular formula is C33H33N3O8. The summed E-state index contributed by atoms with van der Waals surface area (Å²) in [7, 11) is 3.12. The minimum atomic E-state index is -2.68. The van der Waals surface area contributed by atoms with Crippen LogP contribution in [0.3, 0.4) is 0 Å². The molecule has 11 nitrogen and oxygen atoms in total. The zero-order chi connectivity index (χ0) is 31.5. The third-order valence-corrected chi connectivity index (χ3v) is 9.00. The van der Waals surface area contributed by atoms with Gasteiger partial charge in [-0.1, -0.05) is 30.3 Å². The van der Waals surface area contributed by atoms with Crippen LogP contribution in [0.25, 0.3) is 17.1 Å². The number of furan rings is 1. The minimum absolute atomic E-state index is 0.00761. The quantitative estimate of drug-likeness (QED) is 0.220. The molecule has 11 heteroatoms. The van der Waals surface area contributed by atoms with Gasteiger partial charge < -0.3 is 35.9 Å². The van der Waals surface area contributed by atoms with E-state index in [-0.39, 0.29) is 29.7 Å². The number of rotatable bonds is 7. The van der Waals surface area contributed by atoms with E-state index < -0.39 is 58.0 Å². The van der Waals surface area contributed by atoms with Crippen LogP contribution in [0, 0.1) is 11.8 Å². The average Bonchev–Trinajstić information content (AvgIpc) is 3.44. The molecule has 0 saturated heterocycles. The first kappa shape index (κ1) is 29.4. The van der Waals surface area contributed by atoms with Gasteiger partial charge >= 0.3 is 0 Å². The lowest BCUT2D eigenvalue weighted by Crippen LogP contribution is -2.65. The van der Waals surface area contributed by atoms with Gasteiger partial charge in [-0.05, 0) is 68.2 Å². The first-order chi connectivity index (χ1) is 20.9. The molecule has 1 saturated carbocycles. The van der Waals surface area contributed by atoms with Crippen molar-refractivity contribution < 1.29 is 39.2 Å². The number of carbonyl (C=O) groups is 3. The van der Waals surface area contributed by atoms with Gasteiger partial charge in [0.2, 0.25) is 5.78 Å². The topological polar surface area (TPSA) is 187 Å². The number of ketones is 2. The second-order valence-electron chi connectivity index (χ2n) is 11.8. The second kappa shape index (κ2) is 10.8. The van der Waals surface area contributed by atoms with E-state index in [1.165, 1.54) is 11.0 Å². The molecule has 3 aromatic rings. The van der Waals surface area contributed by atoms with Crippen molar-refractivity contribution in [2.75, 3.05) is 14.1 Å². The Morgan fingerprint density at radius 2 is 1.77 bits per heavy atom. The number of nitrogens with two attached hydrogens (primary N) is 1. The van der Waals surface area contributed by atoms with Gasteiger partial charge in [0.05, 0.1) is 18.2 Å². The van der Waals surface area contributed by atoms with Gasteiger partial charge in [0.1, 0.15) is 34.4 Å². The Morgan fingerprint density at radius 1 is 1.05 bits per heavy atom. The van der Waals surface area contributed by atoms with Crippen molar-refractivity contribution in [1.29, 1.82) is 0 Å². The van der Waals surface area contributed by atoms with Crippen molar-refractivity contribution in [3.05, 3.63) is 94.0 Å². The van der Waals surface area contributed by atoms with Crippen molar-refractivity contribution in [2.24, 2.45) is 17.6 Å². The number of phenolic OH excluding ortho intramolecular Hbond substituents is 1. The Morgan fingerprint density at radius 3 is 2.45 bits per heavy atom. The maximum atomic E-state index is 14.0. The number of aromatic hydroxyl groups is 1. The Bertz CT molecular complexity index is 1760. The Balaban J connectivity index is 1.38. The summed E-state index contributed by atoms with van der Waals surface area (Å²) in [5.41, 5.74) is 3.94. The third kappa shape index (κ3) is 4.43. The number of likely N-dealkylation sites (N-methyl/N-ethyl adjacent to an activating group) is 1. The molecule has 228 valence electrons. The predicted octanol–water partition coefficient (Wildman–Crippen LogP) is 2.51. The maximum Gasteiger partial charge on any atom is 0.255 e. The van der Waals surface area contributed by atoms with Crippen molar-refractivity contribution in [3.8, 4) is 17.1 Å². The molecule has 0 aliphatic heterocycles. The number of hydrogen-bond acceptors (Lipinski definition) is 10. The maximum absolute atomic E-state index is 14.0. The lowest BCUT2D eigenvalue weighted by atomic mass is 9.57. The Labute approximate surface area is 252 Å². The summed E-state index contributed by atoms with van der Waals surface area (Å²) < 4.78 is 6.14. The van der Waals surface area contributed by atoms with Crippen LogP contribution in [0.4, 0.5) is 0 Å². The highest BCUT2D eigenvalue weighted by atomic mass is 16.4. The Hall–Kier alpha value is -4.71. The molecule has 1 aromatic heterocycles. The van der Waals surface area contributed by atoms with Crippen LogP contribution in [-0.2, 0) is 33.9 Å². The highest BCUT2D eigenvalue weighted by Crippen LogP contribution is 2.53. The second-order valence-corrected chi connectivity index (χ2v) is 11.8. The van der Waals surface area contributed by atoms with Gasteiger partial charge in [-0.15, -0.1) is 0 Å². The van der Waals surface area contributed by atoms with Crippen LogP contribution in [0.1, 0.15) is 28.9 Å². The number of carbonyl (C=O) groups excluding carboxylic acids is 3. The molecule has 7 N–H and O–H groups in total. The largest absolute Gasteiger partial charge is 0.508 e. The van der Waals surface area contributed by atoms with E-state index in [2.05, 4.69) is 5.32 Å². The van der Waals surface area contributed by atoms with Gasteiger partial charge in [0.15, 0.2) is 11.4 Å². The minimum Gasteiger partial charge on any atom is -0.508 e. The molecule has 1 heterocycles. The molecular weight excluding hydrogens is 566 g/mol. The highest BCUT2D eigenvalue weighted by Gasteiger charge is 2.64. The monoisotopic (exact) mass is 599 g/mol. The molecule has 6 rings (SSSR count). The fraction of sp³-hybridized carbons (Fsp3) is 0.303. The number of hydrogen-bond donors (Lipinski definition) is 6. The smallest absolute Gasteiger partial charge is 0.255 e. The Kier molecular flexibility index (Phi) is 7.19. The summed E-state index contributed by atoms with van der Waals surface area (Å²) in [5, 5.41) is 48.4. The molecule has 3 aliphatic carbocycles.